The molecule has 0 fully saturated rings. The molecule has 0 amide bonds. The van der Waals surface area contributed by atoms with Crippen LogP contribution in [0.3, 0.4) is 0 Å². The zero-order valence-corrected chi connectivity index (χ0v) is 10.9. The Morgan fingerprint density at radius 1 is 1.37 bits per heavy atom. The molecule has 2 rings (SSSR count). The fourth-order valence-corrected chi connectivity index (χ4v) is 1.79. The Morgan fingerprint density at radius 3 is 2.74 bits per heavy atom. The molecular formula is C14H18FN3O. The number of hydrogen-bond acceptors (Lipinski definition) is 3. The highest BCUT2D eigenvalue weighted by Gasteiger charge is 2.05. The number of rotatable bonds is 6. The van der Waals surface area contributed by atoms with E-state index in [0.29, 0.717) is 6.54 Å². The van der Waals surface area contributed by atoms with E-state index in [4.69, 9.17) is 5.11 Å². The van der Waals surface area contributed by atoms with Gasteiger partial charge in [0.2, 0.25) is 0 Å². The molecule has 0 radical (unpaired) electrons. The van der Waals surface area contributed by atoms with Crippen molar-refractivity contribution in [3.8, 4) is 5.69 Å². The molecule has 1 atom stereocenters. The summed E-state index contributed by atoms with van der Waals surface area (Å²) in [6.07, 6.45) is 4.54. The molecule has 102 valence electrons. The minimum Gasteiger partial charge on any atom is -0.395 e. The van der Waals surface area contributed by atoms with Crippen LogP contribution < -0.4 is 5.32 Å². The van der Waals surface area contributed by atoms with Gasteiger partial charge in [-0.05, 0) is 30.7 Å². The topological polar surface area (TPSA) is 50.1 Å². The van der Waals surface area contributed by atoms with E-state index in [0.717, 1.165) is 17.7 Å². The second kappa shape index (κ2) is 6.45. The summed E-state index contributed by atoms with van der Waals surface area (Å²) in [7, 11) is 0. The maximum atomic E-state index is 12.8. The molecule has 0 aliphatic heterocycles. The van der Waals surface area contributed by atoms with E-state index in [-0.39, 0.29) is 18.5 Å². The molecule has 1 aromatic carbocycles. The van der Waals surface area contributed by atoms with Crippen LogP contribution >= 0.6 is 0 Å². The van der Waals surface area contributed by atoms with Gasteiger partial charge in [-0.25, -0.2) is 9.07 Å². The van der Waals surface area contributed by atoms with Gasteiger partial charge >= 0.3 is 0 Å². The van der Waals surface area contributed by atoms with Gasteiger partial charge in [0.15, 0.2) is 0 Å². The lowest BCUT2D eigenvalue weighted by atomic mass is 10.2. The average molecular weight is 263 g/mol. The fourth-order valence-electron chi connectivity index (χ4n) is 1.79. The summed E-state index contributed by atoms with van der Waals surface area (Å²) in [5.41, 5.74) is 1.85. The Morgan fingerprint density at radius 2 is 2.11 bits per heavy atom. The van der Waals surface area contributed by atoms with Gasteiger partial charge in [-0.1, -0.05) is 6.92 Å². The fraction of sp³-hybridized carbons (Fsp3) is 0.357. The second-order valence-electron chi connectivity index (χ2n) is 4.44. The van der Waals surface area contributed by atoms with Crippen LogP contribution in [-0.2, 0) is 6.54 Å². The summed E-state index contributed by atoms with van der Waals surface area (Å²) in [6, 6.07) is 6.29. The van der Waals surface area contributed by atoms with E-state index >= 15 is 0 Å². The summed E-state index contributed by atoms with van der Waals surface area (Å²) in [6.45, 7) is 2.80. The Labute approximate surface area is 111 Å². The molecule has 0 bridgehead atoms. The van der Waals surface area contributed by atoms with Crippen LogP contribution in [0, 0.1) is 5.82 Å². The van der Waals surface area contributed by atoms with Crippen molar-refractivity contribution in [3.05, 3.63) is 48.0 Å². The summed E-state index contributed by atoms with van der Waals surface area (Å²) in [5.74, 6) is -0.258. The highest BCUT2D eigenvalue weighted by molar-refractivity contribution is 5.31. The van der Waals surface area contributed by atoms with Crippen molar-refractivity contribution in [3.63, 3.8) is 0 Å². The largest absolute Gasteiger partial charge is 0.395 e. The van der Waals surface area contributed by atoms with Crippen molar-refractivity contribution < 1.29 is 9.50 Å². The van der Waals surface area contributed by atoms with Gasteiger partial charge in [0.1, 0.15) is 5.82 Å². The Balaban J connectivity index is 2.01. The third-order valence-electron chi connectivity index (χ3n) is 3.04. The monoisotopic (exact) mass is 263 g/mol. The average Bonchev–Trinajstić information content (AvgIpc) is 2.89. The third-order valence-corrected chi connectivity index (χ3v) is 3.04. The maximum Gasteiger partial charge on any atom is 0.123 e. The highest BCUT2D eigenvalue weighted by Crippen LogP contribution is 2.09. The zero-order chi connectivity index (χ0) is 13.7. The first-order valence-corrected chi connectivity index (χ1v) is 6.36. The smallest absolute Gasteiger partial charge is 0.123 e. The molecule has 2 N–H and O–H groups in total. The molecule has 5 heteroatoms. The van der Waals surface area contributed by atoms with Gasteiger partial charge in [-0.3, -0.25) is 0 Å². The lowest BCUT2D eigenvalue weighted by Gasteiger charge is -2.12. The van der Waals surface area contributed by atoms with Crippen molar-refractivity contribution >= 4 is 0 Å². The second-order valence-corrected chi connectivity index (χ2v) is 4.44. The van der Waals surface area contributed by atoms with Crippen LogP contribution in [0.25, 0.3) is 5.69 Å². The van der Waals surface area contributed by atoms with E-state index < -0.39 is 0 Å². The number of aromatic nitrogens is 2. The molecule has 4 nitrogen and oxygen atoms in total. The predicted octanol–water partition coefficient (Wildman–Crippen LogP) is 1.87. The van der Waals surface area contributed by atoms with Gasteiger partial charge in [-0.15, -0.1) is 0 Å². The van der Waals surface area contributed by atoms with Crippen LogP contribution in [0.5, 0.6) is 0 Å². The number of halogens is 1. The molecular weight excluding hydrogens is 245 g/mol. The molecule has 1 aromatic heterocycles. The summed E-state index contributed by atoms with van der Waals surface area (Å²) >= 11 is 0. The third kappa shape index (κ3) is 3.62. The minimum absolute atomic E-state index is 0.106. The SMILES string of the molecule is CC[C@@H](CO)NCc1cnn(-c2ccc(F)cc2)c1. The molecule has 1 heterocycles. The molecule has 0 unspecified atom stereocenters. The molecule has 0 spiro atoms. The van der Waals surface area contributed by atoms with Crippen LogP contribution in [0.2, 0.25) is 0 Å². The Hall–Kier alpha value is -1.72. The molecule has 0 saturated carbocycles. The molecule has 0 saturated heterocycles. The van der Waals surface area contributed by atoms with Gasteiger partial charge < -0.3 is 10.4 Å². The normalized spacial score (nSPS) is 12.6. The van der Waals surface area contributed by atoms with E-state index in [2.05, 4.69) is 10.4 Å². The number of nitrogens with one attached hydrogen (secondary N) is 1. The van der Waals surface area contributed by atoms with E-state index in [1.165, 1.54) is 12.1 Å². The van der Waals surface area contributed by atoms with Gasteiger partial charge in [0.05, 0.1) is 18.5 Å². The molecule has 2 aromatic rings. The summed E-state index contributed by atoms with van der Waals surface area (Å²) in [4.78, 5) is 0. The van der Waals surface area contributed by atoms with Crippen molar-refractivity contribution in [1.82, 2.24) is 15.1 Å². The number of hydrogen-bond donors (Lipinski definition) is 2. The number of aliphatic hydroxyl groups is 1. The first-order chi connectivity index (χ1) is 9.22. The van der Waals surface area contributed by atoms with Crippen LogP contribution in [0.15, 0.2) is 36.7 Å². The van der Waals surface area contributed by atoms with E-state index in [1.807, 2.05) is 13.1 Å². The molecule has 19 heavy (non-hydrogen) atoms. The minimum atomic E-state index is -0.258. The summed E-state index contributed by atoms with van der Waals surface area (Å²) < 4.78 is 14.5. The first-order valence-electron chi connectivity index (χ1n) is 6.36. The van der Waals surface area contributed by atoms with Crippen LogP contribution in [0.4, 0.5) is 4.39 Å². The molecule has 0 aliphatic rings. The predicted molar refractivity (Wildman–Crippen MR) is 71.5 cm³/mol. The first kappa shape index (κ1) is 13.7. The van der Waals surface area contributed by atoms with Gasteiger partial charge in [-0.2, -0.15) is 5.10 Å². The Kier molecular flexibility index (Phi) is 4.65. The van der Waals surface area contributed by atoms with E-state index in [1.54, 1.807) is 23.0 Å². The molecule has 0 aliphatic carbocycles. The van der Waals surface area contributed by atoms with E-state index in [9.17, 15) is 4.39 Å². The van der Waals surface area contributed by atoms with Crippen molar-refractivity contribution in [1.29, 1.82) is 0 Å². The lowest BCUT2D eigenvalue weighted by molar-refractivity contribution is 0.238. The maximum absolute atomic E-state index is 12.8. The van der Waals surface area contributed by atoms with Crippen molar-refractivity contribution in [2.75, 3.05) is 6.61 Å². The van der Waals surface area contributed by atoms with Crippen LogP contribution in [0.1, 0.15) is 18.9 Å². The lowest BCUT2D eigenvalue weighted by Crippen LogP contribution is -2.31. The summed E-state index contributed by atoms with van der Waals surface area (Å²) in [5, 5.41) is 16.6. The van der Waals surface area contributed by atoms with Crippen molar-refractivity contribution in [2.45, 2.75) is 25.9 Å². The van der Waals surface area contributed by atoms with Gasteiger partial charge in [0.25, 0.3) is 0 Å². The van der Waals surface area contributed by atoms with Crippen molar-refractivity contribution in [2.24, 2.45) is 0 Å². The standard InChI is InChI=1S/C14H18FN3O/c1-2-13(10-19)16-7-11-8-17-18(9-11)14-5-3-12(15)4-6-14/h3-6,8-9,13,16,19H,2,7,10H2,1H3/t13-/m0/s1. The zero-order valence-electron chi connectivity index (χ0n) is 10.9. The van der Waals surface area contributed by atoms with Gasteiger partial charge in [0, 0.05) is 24.3 Å². The highest BCUT2D eigenvalue weighted by atomic mass is 19.1. The quantitative estimate of drug-likeness (QED) is 0.836. The number of benzene rings is 1. The number of nitrogens with zero attached hydrogens (tertiary/aromatic N) is 2. The number of aliphatic hydroxyl groups excluding tert-OH is 1. The van der Waals surface area contributed by atoms with Crippen LogP contribution in [-0.4, -0.2) is 27.5 Å². The Bertz CT molecular complexity index is 506.